The second kappa shape index (κ2) is 4.59. The maximum Gasteiger partial charge on any atom is 0.311 e. The van der Waals surface area contributed by atoms with Gasteiger partial charge in [0.05, 0.1) is 17.6 Å². The standard InChI is InChI=1S/C17H28O3/c1-7-17(19)9-8-11-13(16(11,5)6)12(17)10-20-14(18)15(2,3)4/h7,11-13,19H,1,8-10H2,2-6H3/t11-,12+,13-,17-/m1/s1. The molecule has 2 aliphatic carbocycles. The summed E-state index contributed by atoms with van der Waals surface area (Å²) >= 11 is 0. The highest BCUT2D eigenvalue weighted by Gasteiger charge is 2.66. The summed E-state index contributed by atoms with van der Waals surface area (Å²) < 4.78 is 5.49. The van der Waals surface area contributed by atoms with Crippen molar-refractivity contribution in [1.82, 2.24) is 0 Å². The van der Waals surface area contributed by atoms with E-state index in [1.54, 1.807) is 6.08 Å². The number of hydrogen-bond acceptors (Lipinski definition) is 3. The number of rotatable bonds is 3. The fraction of sp³-hybridized carbons (Fsp3) is 0.824. The smallest absolute Gasteiger partial charge is 0.311 e. The minimum absolute atomic E-state index is 0.0277. The van der Waals surface area contributed by atoms with Gasteiger partial charge in [0.25, 0.3) is 0 Å². The van der Waals surface area contributed by atoms with E-state index in [0.29, 0.717) is 18.4 Å². The van der Waals surface area contributed by atoms with Crippen LogP contribution in [0.15, 0.2) is 12.7 Å². The zero-order valence-electron chi connectivity index (χ0n) is 13.4. The van der Waals surface area contributed by atoms with E-state index in [1.807, 2.05) is 20.8 Å². The van der Waals surface area contributed by atoms with Crippen LogP contribution in [0.4, 0.5) is 0 Å². The summed E-state index contributed by atoms with van der Waals surface area (Å²) in [6.07, 6.45) is 3.40. The Morgan fingerprint density at radius 3 is 2.55 bits per heavy atom. The molecule has 0 heterocycles. The van der Waals surface area contributed by atoms with Gasteiger partial charge in [-0.1, -0.05) is 19.9 Å². The van der Waals surface area contributed by atoms with Crippen molar-refractivity contribution < 1.29 is 14.6 Å². The molecule has 114 valence electrons. The minimum atomic E-state index is -0.896. The third-order valence-corrected chi connectivity index (χ3v) is 5.43. The zero-order valence-corrected chi connectivity index (χ0v) is 13.4. The van der Waals surface area contributed by atoms with Crippen LogP contribution in [0.1, 0.15) is 47.5 Å². The number of ether oxygens (including phenoxy) is 1. The largest absolute Gasteiger partial charge is 0.465 e. The van der Waals surface area contributed by atoms with Gasteiger partial charge in [0.1, 0.15) is 0 Å². The van der Waals surface area contributed by atoms with Gasteiger partial charge in [-0.15, -0.1) is 6.58 Å². The Labute approximate surface area is 122 Å². The molecule has 1 N–H and O–H groups in total. The Morgan fingerprint density at radius 2 is 2.05 bits per heavy atom. The average molecular weight is 280 g/mol. The number of aliphatic hydroxyl groups is 1. The first-order valence-electron chi connectivity index (χ1n) is 7.57. The Balaban J connectivity index is 2.10. The minimum Gasteiger partial charge on any atom is -0.465 e. The second-order valence-corrected chi connectivity index (χ2v) is 8.14. The summed E-state index contributed by atoms with van der Waals surface area (Å²) in [7, 11) is 0. The molecule has 0 aromatic heterocycles. The normalized spacial score (nSPS) is 38.8. The average Bonchev–Trinajstić information content (AvgIpc) is 2.89. The lowest BCUT2D eigenvalue weighted by Gasteiger charge is -2.37. The summed E-state index contributed by atoms with van der Waals surface area (Å²) in [4.78, 5) is 12.0. The van der Waals surface area contributed by atoms with Gasteiger partial charge < -0.3 is 9.84 Å². The van der Waals surface area contributed by atoms with E-state index in [-0.39, 0.29) is 17.3 Å². The molecule has 2 rings (SSSR count). The Morgan fingerprint density at radius 1 is 1.45 bits per heavy atom. The van der Waals surface area contributed by atoms with Crippen molar-refractivity contribution in [2.75, 3.05) is 6.61 Å². The van der Waals surface area contributed by atoms with Crippen molar-refractivity contribution in [2.24, 2.45) is 28.6 Å². The summed E-state index contributed by atoms with van der Waals surface area (Å²) in [5.41, 5.74) is -1.15. The number of carbonyl (C=O) groups is 1. The molecule has 0 aromatic carbocycles. The van der Waals surface area contributed by atoms with Crippen LogP contribution in [0.25, 0.3) is 0 Å². The van der Waals surface area contributed by atoms with Gasteiger partial charge >= 0.3 is 5.97 Å². The third kappa shape index (κ3) is 2.41. The molecule has 2 saturated carbocycles. The molecule has 0 aromatic rings. The Hall–Kier alpha value is -0.830. The lowest BCUT2D eigenvalue weighted by molar-refractivity contribution is -0.158. The molecular weight excluding hydrogens is 252 g/mol. The van der Waals surface area contributed by atoms with Crippen LogP contribution < -0.4 is 0 Å². The molecule has 3 heteroatoms. The highest BCUT2D eigenvalue weighted by atomic mass is 16.5. The molecule has 0 saturated heterocycles. The van der Waals surface area contributed by atoms with E-state index in [2.05, 4.69) is 20.4 Å². The third-order valence-electron chi connectivity index (χ3n) is 5.43. The predicted molar refractivity (Wildman–Crippen MR) is 79.0 cm³/mol. The van der Waals surface area contributed by atoms with Crippen LogP contribution in [0, 0.1) is 28.6 Å². The topological polar surface area (TPSA) is 46.5 Å². The molecule has 2 aliphatic rings. The van der Waals surface area contributed by atoms with Gasteiger partial charge in [-0.2, -0.15) is 0 Å². The summed E-state index contributed by atoms with van der Waals surface area (Å²) in [5.74, 6) is 0.831. The first-order valence-corrected chi connectivity index (χ1v) is 7.57. The molecule has 20 heavy (non-hydrogen) atoms. The van der Waals surface area contributed by atoms with Gasteiger partial charge in [0, 0.05) is 5.92 Å². The summed E-state index contributed by atoms with van der Waals surface area (Å²) in [6, 6.07) is 0. The zero-order chi connectivity index (χ0) is 15.3. The fourth-order valence-electron chi connectivity index (χ4n) is 3.90. The molecule has 0 spiro atoms. The summed E-state index contributed by atoms with van der Waals surface area (Å²) in [5, 5.41) is 10.8. The van der Waals surface area contributed by atoms with Crippen LogP contribution in [-0.2, 0) is 9.53 Å². The quantitative estimate of drug-likeness (QED) is 0.638. The van der Waals surface area contributed by atoms with Crippen LogP contribution in [0.2, 0.25) is 0 Å². The molecule has 0 amide bonds. The van der Waals surface area contributed by atoms with E-state index in [0.717, 1.165) is 12.8 Å². The molecule has 4 atom stereocenters. The predicted octanol–water partition coefficient (Wildman–Crippen LogP) is 3.18. The highest BCUT2D eigenvalue weighted by Crippen LogP contribution is 2.68. The first-order chi connectivity index (χ1) is 9.04. The first kappa shape index (κ1) is 15.6. The maximum absolute atomic E-state index is 12.0. The van der Waals surface area contributed by atoms with Crippen LogP contribution in [-0.4, -0.2) is 23.3 Å². The number of carbonyl (C=O) groups excluding carboxylic acids is 1. The fourth-order valence-corrected chi connectivity index (χ4v) is 3.90. The SMILES string of the molecule is C=C[C@@]1(O)CC[C@@H]2[C@H]([C@@H]1COC(=O)C(C)(C)C)C2(C)C. The molecule has 2 fully saturated rings. The van der Waals surface area contributed by atoms with E-state index in [4.69, 9.17) is 4.74 Å². The van der Waals surface area contributed by atoms with Crippen molar-refractivity contribution in [2.45, 2.75) is 53.1 Å². The summed E-state index contributed by atoms with van der Waals surface area (Å²) in [6.45, 7) is 14.1. The van der Waals surface area contributed by atoms with Crippen molar-refractivity contribution in [3.05, 3.63) is 12.7 Å². The van der Waals surface area contributed by atoms with Crippen LogP contribution in [0.3, 0.4) is 0 Å². The van der Waals surface area contributed by atoms with Gasteiger partial charge in [-0.25, -0.2) is 0 Å². The van der Waals surface area contributed by atoms with Crippen molar-refractivity contribution >= 4 is 5.97 Å². The Bertz CT molecular complexity index is 418. The highest BCUT2D eigenvalue weighted by molar-refractivity contribution is 5.75. The number of fused-ring (bicyclic) bond motifs is 1. The van der Waals surface area contributed by atoms with Gasteiger partial charge in [-0.3, -0.25) is 4.79 Å². The lowest BCUT2D eigenvalue weighted by Crippen LogP contribution is -2.44. The van der Waals surface area contributed by atoms with Crippen LogP contribution >= 0.6 is 0 Å². The molecule has 0 aliphatic heterocycles. The van der Waals surface area contributed by atoms with Crippen molar-refractivity contribution in [3.63, 3.8) is 0 Å². The molecular formula is C17H28O3. The van der Waals surface area contributed by atoms with Crippen molar-refractivity contribution in [1.29, 1.82) is 0 Å². The van der Waals surface area contributed by atoms with Crippen molar-refractivity contribution in [3.8, 4) is 0 Å². The van der Waals surface area contributed by atoms with E-state index in [9.17, 15) is 9.90 Å². The second-order valence-electron chi connectivity index (χ2n) is 8.14. The molecule has 0 bridgehead atoms. The van der Waals surface area contributed by atoms with Gasteiger partial charge in [0.2, 0.25) is 0 Å². The van der Waals surface area contributed by atoms with Gasteiger partial charge in [0.15, 0.2) is 0 Å². The van der Waals surface area contributed by atoms with Crippen LogP contribution in [0.5, 0.6) is 0 Å². The number of hydrogen-bond donors (Lipinski definition) is 1. The van der Waals surface area contributed by atoms with E-state index in [1.165, 1.54) is 0 Å². The van der Waals surface area contributed by atoms with E-state index >= 15 is 0 Å². The maximum atomic E-state index is 12.0. The molecule has 0 unspecified atom stereocenters. The van der Waals surface area contributed by atoms with Gasteiger partial charge in [-0.05, 0) is 50.9 Å². The monoisotopic (exact) mass is 280 g/mol. The molecule has 3 nitrogen and oxygen atoms in total. The number of esters is 1. The lowest BCUT2D eigenvalue weighted by atomic mass is 9.75. The molecule has 0 radical (unpaired) electrons. The Kier molecular flexibility index (Phi) is 3.57. The van der Waals surface area contributed by atoms with E-state index < -0.39 is 11.0 Å².